The first kappa shape index (κ1) is 11.5. The van der Waals surface area contributed by atoms with Crippen LogP contribution in [0.4, 0.5) is 5.69 Å². The lowest BCUT2D eigenvalue weighted by Gasteiger charge is -2.09. The molecule has 0 amide bonds. The summed E-state index contributed by atoms with van der Waals surface area (Å²) >= 11 is 0. The van der Waals surface area contributed by atoms with Crippen molar-refractivity contribution in [3.63, 3.8) is 0 Å². The molecule has 0 atom stereocenters. The van der Waals surface area contributed by atoms with E-state index in [9.17, 15) is 4.79 Å². The number of anilines is 1. The zero-order chi connectivity index (χ0) is 11.4. The maximum atomic E-state index is 11.5. The highest BCUT2D eigenvalue weighted by atomic mass is 16.5. The topological polar surface area (TPSA) is 72.6 Å². The molecule has 0 aromatic heterocycles. The molecule has 0 unspecified atom stereocenters. The fourth-order valence-electron chi connectivity index (χ4n) is 1.36. The molecule has 0 aliphatic carbocycles. The van der Waals surface area contributed by atoms with Crippen molar-refractivity contribution < 1.29 is 14.6 Å². The van der Waals surface area contributed by atoms with E-state index in [-0.39, 0.29) is 13.2 Å². The summed E-state index contributed by atoms with van der Waals surface area (Å²) in [5.41, 5.74) is 8.37. The van der Waals surface area contributed by atoms with E-state index in [1.54, 1.807) is 6.07 Å². The first-order chi connectivity index (χ1) is 7.06. The van der Waals surface area contributed by atoms with Crippen LogP contribution in [0.1, 0.15) is 21.5 Å². The lowest BCUT2D eigenvalue weighted by molar-refractivity contribution is 0.0435. The Hall–Kier alpha value is -1.55. The number of benzene rings is 1. The van der Waals surface area contributed by atoms with Gasteiger partial charge in [0.2, 0.25) is 0 Å². The van der Waals surface area contributed by atoms with Crippen molar-refractivity contribution in [1.29, 1.82) is 0 Å². The molecular weight excluding hydrogens is 194 g/mol. The number of aliphatic hydroxyl groups excluding tert-OH is 1. The van der Waals surface area contributed by atoms with Gasteiger partial charge in [0, 0.05) is 5.69 Å². The summed E-state index contributed by atoms with van der Waals surface area (Å²) in [5.74, 6) is -0.492. The molecule has 4 nitrogen and oxygen atoms in total. The molecule has 1 aromatic rings. The molecule has 3 N–H and O–H groups in total. The van der Waals surface area contributed by atoms with Crippen LogP contribution in [0.2, 0.25) is 0 Å². The number of aliphatic hydroxyl groups is 1. The van der Waals surface area contributed by atoms with E-state index >= 15 is 0 Å². The Bertz CT molecular complexity index is 374. The predicted molar refractivity (Wildman–Crippen MR) is 57.7 cm³/mol. The molecule has 0 heterocycles. The standard InChI is InChI=1S/C11H15NO3/c1-7-5-8(2)10(12)9(6-7)11(14)15-4-3-13/h5-6,13H,3-4,12H2,1-2H3. The second-order valence-corrected chi connectivity index (χ2v) is 3.40. The van der Waals surface area contributed by atoms with Crippen molar-refractivity contribution >= 4 is 11.7 Å². The maximum Gasteiger partial charge on any atom is 0.340 e. The first-order valence-corrected chi connectivity index (χ1v) is 4.71. The highest BCUT2D eigenvalue weighted by molar-refractivity contribution is 5.96. The second-order valence-electron chi connectivity index (χ2n) is 3.40. The van der Waals surface area contributed by atoms with E-state index in [1.165, 1.54) is 0 Å². The van der Waals surface area contributed by atoms with Gasteiger partial charge < -0.3 is 15.6 Å². The number of nitrogen functional groups attached to an aromatic ring is 1. The number of carbonyl (C=O) groups is 1. The summed E-state index contributed by atoms with van der Waals surface area (Å²) in [6.07, 6.45) is 0. The van der Waals surface area contributed by atoms with Crippen molar-refractivity contribution in [3.05, 3.63) is 28.8 Å². The summed E-state index contributed by atoms with van der Waals surface area (Å²) in [7, 11) is 0. The van der Waals surface area contributed by atoms with Gasteiger partial charge in [-0.2, -0.15) is 0 Å². The average Bonchev–Trinajstić information content (AvgIpc) is 2.19. The van der Waals surface area contributed by atoms with Gasteiger partial charge >= 0.3 is 5.97 Å². The van der Waals surface area contributed by atoms with Crippen LogP contribution < -0.4 is 5.73 Å². The minimum atomic E-state index is -0.492. The molecule has 0 spiro atoms. The van der Waals surface area contributed by atoms with Crippen molar-refractivity contribution in [3.8, 4) is 0 Å². The van der Waals surface area contributed by atoms with Gasteiger partial charge in [-0.3, -0.25) is 0 Å². The SMILES string of the molecule is Cc1cc(C)c(N)c(C(=O)OCCO)c1. The van der Waals surface area contributed by atoms with Crippen LogP contribution in [0.3, 0.4) is 0 Å². The Balaban J connectivity index is 2.98. The zero-order valence-electron chi connectivity index (χ0n) is 8.91. The van der Waals surface area contributed by atoms with Crippen LogP contribution >= 0.6 is 0 Å². The molecule has 0 saturated carbocycles. The van der Waals surface area contributed by atoms with Crippen LogP contribution in [0.15, 0.2) is 12.1 Å². The third-order valence-corrected chi connectivity index (χ3v) is 2.08. The molecule has 0 fully saturated rings. The number of aryl methyl sites for hydroxylation is 2. The van der Waals surface area contributed by atoms with Crippen LogP contribution in [0, 0.1) is 13.8 Å². The smallest absolute Gasteiger partial charge is 0.340 e. The highest BCUT2D eigenvalue weighted by Gasteiger charge is 2.13. The molecule has 0 aliphatic rings. The zero-order valence-corrected chi connectivity index (χ0v) is 8.91. The molecule has 15 heavy (non-hydrogen) atoms. The molecule has 82 valence electrons. The summed E-state index contributed by atoms with van der Waals surface area (Å²) in [5, 5.41) is 8.53. The first-order valence-electron chi connectivity index (χ1n) is 4.71. The second kappa shape index (κ2) is 4.79. The maximum absolute atomic E-state index is 11.5. The lowest BCUT2D eigenvalue weighted by Crippen LogP contribution is -2.12. The Morgan fingerprint density at radius 1 is 1.47 bits per heavy atom. The molecule has 0 bridgehead atoms. The molecule has 0 saturated heterocycles. The van der Waals surface area contributed by atoms with Crippen molar-refractivity contribution in [2.75, 3.05) is 18.9 Å². The Morgan fingerprint density at radius 3 is 2.73 bits per heavy atom. The summed E-state index contributed by atoms with van der Waals surface area (Å²) in [6.45, 7) is 3.53. The van der Waals surface area contributed by atoms with E-state index in [2.05, 4.69) is 0 Å². The van der Waals surface area contributed by atoms with Crippen molar-refractivity contribution in [1.82, 2.24) is 0 Å². The number of carbonyl (C=O) groups excluding carboxylic acids is 1. The third-order valence-electron chi connectivity index (χ3n) is 2.08. The molecule has 1 rings (SSSR count). The van der Waals surface area contributed by atoms with Crippen LogP contribution in [-0.4, -0.2) is 24.3 Å². The van der Waals surface area contributed by atoms with Gasteiger partial charge in [0.05, 0.1) is 12.2 Å². The number of nitrogens with two attached hydrogens (primary N) is 1. The number of ether oxygens (including phenoxy) is 1. The van der Waals surface area contributed by atoms with Crippen LogP contribution in [-0.2, 0) is 4.74 Å². The normalized spacial score (nSPS) is 10.1. The van der Waals surface area contributed by atoms with Gasteiger partial charge in [-0.05, 0) is 31.0 Å². The Kier molecular flexibility index (Phi) is 3.68. The van der Waals surface area contributed by atoms with Gasteiger partial charge in [-0.1, -0.05) is 6.07 Å². The Labute approximate surface area is 88.7 Å². The summed E-state index contributed by atoms with van der Waals surface area (Å²) < 4.78 is 4.80. The number of hydrogen-bond donors (Lipinski definition) is 2. The summed E-state index contributed by atoms with van der Waals surface area (Å²) in [4.78, 5) is 11.5. The lowest BCUT2D eigenvalue weighted by atomic mass is 10.0. The van der Waals surface area contributed by atoms with Gasteiger partial charge in [-0.15, -0.1) is 0 Å². The van der Waals surface area contributed by atoms with Crippen LogP contribution in [0.25, 0.3) is 0 Å². The van der Waals surface area contributed by atoms with Crippen LogP contribution in [0.5, 0.6) is 0 Å². The Morgan fingerprint density at radius 2 is 2.13 bits per heavy atom. The van der Waals surface area contributed by atoms with Gasteiger partial charge in [0.25, 0.3) is 0 Å². The minimum Gasteiger partial charge on any atom is -0.460 e. The third kappa shape index (κ3) is 2.70. The fourth-order valence-corrected chi connectivity index (χ4v) is 1.36. The number of rotatable bonds is 3. The fraction of sp³-hybridized carbons (Fsp3) is 0.364. The number of hydrogen-bond acceptors (Lipinski definition) is 4. The molecule has 0 radical (unpaired) electrons. The highest BCUT2D eigenvalue weighted by Crippen LogP contribution is 2.19. The summed E-state index contributed by atoms with van der Waals surface area (Å²) in [6, 6.07) is 3.58. The van der Waals surface area contributed by atoms with E-state index in [0.29, 0.717) is 11.3 Å². The predicted octanol–water partition coefficient (Wildman–Crippen LogP) is 1.03. The molecule has 0 aliphatic heterocycles. The largest absolute Gasteiger partial charge is 0.460 e. The molecular formula is C11H15NO3. The van der Waals surface area contributed by atoms with Gasteiger partial charge in [0.1, 0.15) is 6.61 Å². The van der Waals surface area contributed by atoms with E-state index < -0.39 is 5.97 Å². The van der Waals surface area contributed by atoms with E-state index in [0.717, 1.165) is 11.1 Å². The monoisotopic (exact) mass is 209 g/mol. The van der Waals surface area contributed by atoms with Crippen molar-refractivity contribution in [2.45, 2.75) is 13.8 Å². The molecule has 4 heteroatoms. The molecule has 1 aromatic carbocycles. The van der Waals surface area contributed by atoms with Crippen molar-refractivity contribution in [2.24, 2.45) is 0 Å². The number of esters is 1. The average molecular weight is 209 g/mol. The van der Waals surface area contributed by atoms with Gasteiger partial charge in [0.15, 0.2) is 0 Å². The van der Waals surface area contributed by atoms with Gasteiger partial charge in [-0.25, -0.2) is 4.79 Å². The minimum absolute atomic E-state index is 0.00867. The van der Waals surface area contributed by atoms with E-state index in [1.807, 2.05) is 19.9 Å². The quantitative estimate of drug-likeness (QED) is 0.576. The van der Waals surface area contributed by atoms with E-state index in [4.69, 9.17) is 15.6 Å².